The number of carboxylic acids is 1. The molecule has 1 unspecified atom stereocenters. The first-order valence-corrected chi connectivity index (χ1v) is 8.94. The maximum absolute atomic E-state index is 10.3. The molecule has 0 aromatic rings. The Labute approximate surface area is 152 Å². The van der Waals surface area contributed by atoms with E-state index < -0.39 is 5.97 Å². The number of hydrogen-bond donors (Lipinski definition) is 2. The summed E-state index contributed by atoms with van der Waals surface area (Å²) >= 11 is 0. The van der Waals surface area contributed by atoms with E-state index in [1.807, 2.05) is 18.2 Å². The highest BCUT2D eigenvalue weighted by Gasteiger charge is 1.90. The summed E-state index contributed by atoms with van der Waals surface area (Å²) in [5.74, 6) is -0.750. The zero-order chi connectivity index (χ0) is 18.6. The average Bonchev–Trinajstić information content (AvgIpc) is 2.56. The van der Waals surface area contributed by atoms with Gasteiger partial charge in [0, 0.05) is 6.42 Å². The van der Waals surface area contributed by atoms with Gasteiger partial charge in [0.25, 0.3) is 0 Å². The predicted molar refractivity (Wildman–Crippen MR) is 106 cm³/mol. The lowest BCUT2D eigenvalue weighted by Gasteiger charge is -1.90. The summed E-state index contributed by atoms with van der Waals surface area (Å²) in [4.78, 5) is 10.3. The van der Waals surface area contributed by atoms with E-state index in [0.717, 1.165) is 32.1 Å². The lowest BCUT2D eigenvalue weighted by atomic mass is 10.2. The molecule has 0 aliphatic rings. The summed E-state index contributed by atoms with van der Waals surface area (Å²) in [7, 11) is 0. The zero-order valence-electron chi connectivity index (χ0n) is 15.3. The minimum Gasteiger partial charge on any atom is -0.481 e. The molecule has 0 fully saturated rings. The minimum atomic E-state index is -0.750. The van der Waals surface area contributed by atoms with Crippen LogP contribution >= 0.6 is 0 Å². The van der Waals surface area contributed by atoms with Crippen molar-refractivity contribution in [1.29, 1.82) is 0 Å². The Morgan fingerprint density at radius 1 is 0.720 bits per heavy atom. The number of hydrogen-bond acceptors (Lipinski definition) is 2. The van der Waals surface area contributed by atoms with Crippen LogP contribution < -0.4 is 0 Å². The molecule has 0 saturated heterocycles. The van der Waals surface area contributed by atoms with E-state index in [-0.39, 0.29) is 12.5 Å². The van der Waals surface area contributed by atoms with Crippen LogP contribution in [0.3, 0.4) is 0 Å². The molecule has 0 aliphatic carbocycles. The van der Waals surface area contributed by atoms with Crippen LogP contribution in [0.1, 0.15) is 51.9 Å². The summed E-state index contributed by atoms with van der Waals surface area (Å²) < 4.78 is 0. The van der Waals surface area contributed by atoms with Crippen molar-refractivity contribution in [2.45, 2.75) is 58.0 Å². The molecule has 0 saturated carbocycles. The van der Waals surface area contributed by atoms with Crippen LogP contribution in [-0.4, -0.2) is 22.3 Å². The molecule has 0 radical (unpaired) electrons. The first-order chi connectivity index (χ1) is 12.1. The van der Waals surface area contributed by atoms with Crippen molar-refractivity contribution in [2.24, 2.45) is 0 Å². The highest BCUT2D eigenvalue weighted by Crippen LogP contribution is 1.97. The van der Waals surface area contributed by atoms with Gasteiger partial charge >= 0.3 is 5.97 Å². The van der Waals surface area contributed by atoms with Gasteiger partial charge in [-0.3, -0.25) is 4.79 Å². The molecule has 138 valence electrons. The molecule has 0 heterocycles. The molecular formula is C22H32O3. The average molecular weight is 344 g/mol. The summed E-state index contributed by atoms with van der Waals surface area (Å²) in [5, 5.41) is 17.5. The molecule has 0 aliphatic heterocycles. The van der Waals surface area contributed by atoms with E-state index in [1.54, 1.807) is 13.0 Å². The summed E-state index contributed by atoms with van der Waals surface area (Å²) in [6.07, 6.45) is 29.6. The van der Waals surface area contributed by atoms with E-state index >= 15 is 0 Å². The summed E-state index contributed by atoms with van der Waals surface area (Å²) in [6, 6.07) is 0. The molecule has 0 rings (SSSR count). The number of aliphatic hydroxyl groups is 1. The Balaban J connectivity index is 3.54. The summed E-state index contributed by atoms with van der Waals surface area (Å²) in [5.41, 5.74) is 0. The third-order valence-electron chi connectivity index (χ3n) is 3.13. The van der Waals surface area contributed by atoms with Gasteiger partial charge in [-0.25, -0.2) is 0 Å². The maximum Gasteiger partial charge on any atom is 0.303 e. The molecule has 3 heteroatoms. The van der Waals surface area contributed by atoms with Gasteiger partial charge in [0.15, 0.2) is 0 Å². The lowest BCUT2D eigenvalue weighted by Crippen LogP contribution is -1.91. The van der Waals surface area contributed by atoms with Crippen molar-refractivity contribution in [3.63, 3.8) is 0 Å². The Kier molecular flexibility index (Phi) is 16.7. The van der Waals surface area contributed by atoms with Gasteiger partial charge in [-0.1, -0.05) is 72.9 Å². The van der Waals surface area contributed by atoms with Gasteiger partial charge in [-0.2, -0.15) is 0 Å². The van der Waals surface area contributed by atoms with E-state index in [4.69, 9.17) is 10.2 Å². The van der Waals surface area contributed by atoms with Crippen LogP contribution in [0.5, 0.6) is 0 Å². The Bertz CT molecular complexity index is 491. The van der Waals surface area contributed by atoms with Gasteiger partial charge < -0.3 is 10.2 Å². The normalized spacial score (nSPS) is 14.3. The first kappa shape index (κ1) is 22.9. The van der Waals surface area contributed by atoms with E-state index in [2.05, 4.69) is 48.6 Å². The number of aliphatic hydroxyl groups excluding tert-OH is 1. The monoisotopic (exact) mass is 344 g/mol. The number of carboxylic acid groups (broad SMARTS) is 1. The second kappa shape index (κ2) is 18.2. The molecule has 0 aromatic heterocycles. The summed E-state index contributed by atoms with van der Waals surface area (Å²) in [6.45, 7) is 1.74. The van der Waals surface area contributed by atoms with Gasteiger partial charge in [0.1, 0.15) is 0 Å². The fourth-order valence-electron chi connectivity index (χ4n) is 1.86. The number of allylic oxidation sites excluding steroid dienone is 11. The maximum atomic E-state index is 10.3. The largest absolute Gasteiger partial charge is 0.481 e. The molecule has 3 nitrogen and oxygen atoms in total. The predicted octanol–water partition coefficient (Wildman–Crippen LogP) is 5.52. The number of aliphatic carboxylic acids is 1. The zero-order valence-corrected chi connectivity index (χ0v) is 15.3. The second-order valence-electron chi connectivity index (χ2n) is 5.64. The second-order valence-corrected chi connectivity index (χ2v) is 5.64. The SMILES string of the molecule is CC(O)/C=C\C/C=C\C/C=C\C/C=C\C/C=C\C/C=C\CCC(=O)O. The van der Waals surface area contributed by atoms with Crippen molar-refractivity contribution in [1.82, 2.24) is 0 Å². The molecule has 0 aromatic carbocycles. The van der Waals surface area contributed by atoms with Crippen molar-refractivity contribution < 1.29 is 15.0 Å². The Morgan fingerprint density at radius 2 is 1.08 bits per heavy atom. The lowest BCUT2D eigenvalue weighted by molar-refractivity contribution is -0.136. The van der Waals surface area contributed by atoms with Gasteiger partial charge in [-0.05, 0) is 45.4 Å². The third kappa shape index (κ3) is 21.9. The Morgan fingerprint density at radius 3 is 1.44 bits per heavy atom. The van der Waals surface area contributed by atoms with Crippen LogP contribution in [0.2, 0.25) is 0 Å². The van der Waals surface area contributed by atoms with Crippen LogP contribution in [0.4, 0.5) is 0 Å². The van der Waals surface area contributed by atoms with Crippen molar-refractivity contribution in [2.75, 3.05) is 0 Å². The standard InChI is InChI=1S/C22H32O3/c1-21(23)19-17-15-13-11-9-7-5-3-2-4-6-8-10-12-14-16-18-20-22(24)25/h2,4-5,7-8,10-11,13-14,16-17,19,21,23H,3,6,9,12,15,18,20H2,1H3,(H,24,25)/b4-2-,7-5-,10-8-,13-11-,16-14-,19-17-. The van der Waals surface area contributed by atoms with Gasteiger partial charge in [0.2, 0.25) is 0 Å². The molecular weight excluding hydrogens is 312 g/mol. The number of rotatable bonds is 14. The number of carbonyl (C=O) groups is 1. The van der Waals surface area contributed by atoms with Crippen LogP contribution in [-0.2, 0) is 4.79 Å². The van der Waals surface area contributed by atoms with E-state index in [0.29, 0.717) is 6.42 Å². The minimum absolute atomic E-state index is 0.201. The molecule has 0 spiro atoms. The fourth-order valence-corrected chi connectivity index (χ4v) is 1.86. The van der Waals surface area contributed by atoms with Crippen molar-refractivity contribution in [3.05, 3.63) is 72.9 Å². The van der Waals surface area contributed by atoms with Crippen molar-refractivity contribution in [3.8, 4) is 0 Å². The third-order valence-corrected chi connectivity index (χ3v) is 3.13. The van der Waals surface area contributed by atoms with Crippen LogP contribution in [0.25, 0.3) is 0 Å². The molecule has 25 heavy (non-hydrogen) atoms. The highest BCUT2D eigenvalue weighted by molar-refractivity contribution is 5.66. The molecule has 2 N–H and O–H groups in total. The highest BCUT2D eigenvalue weighted by atomic mass is 16.4. The molecule has 1 atom stereocenters. The smallest absolute Gasteiger partial charge is 0.303 e. The van der Waals surface area contributed by atoms with Crippen molar-refractivity contribution >= 4 is 5.97 Å². The van der Waals surface area contributed by atoms with Crippen LogP contribution in [0.15, 0.2) is 72.9 Å². The topological polar surface area (TPSA) is 57.5 Å². The van der Waals surface area contributed by atoms with Crippen LogP contribution in [0, 0.1) is 0 Å². The van der Waals surface area contributed by atoms with E-state index in [1.165, 1.54) is 0 Å². The van der Waals surface area contributed by atoms with Gasteiger partial charge in [0.05, 0.1) is 6.10 Å². The first-order valence-electron chi connectivity index (χ1n) is 8.94. The quantitative estimate of drug-likeness (QED) is 0.408. The molecule has 0 bridgehead atoms. The Hall–Kier alpha value is -2.13. The molecule has 0 amide bonds. The van der Waals surface area contributed by atoms with Gasteiger partial charge in [-0.15, -0.1) is 0 Å². The van der Waals surface area contributed by atoms with E-state index in [9.17, 15) is 4.79 Å². The fraction of sp³-hybridized carbons (Fsp3) is 0.409.